The number of rotatable bonds is 4. The van der Waals surface area contributed by atoms with E-state index in [2.05, 4.69) is 10.3 Å². The zero-order valence-corrected chi connectivity index (χ0v) is 18.5. The van der Waals surface area contributed by atoms with Gasteiger partial charge in [-0.15, -0.1) is 0 Å². The molecule has 32 heavy (non-hydrogen) atoms. The summed E-state index contributed by atoms with van der Waals surface area (Å²) in [7, 11) is 1.86. The summed E-state index contributed by atoms with van der Waals surface area (Å²) >= 11 is 0. The topological polar surface area (TPSA) is 94.2 Å². The molecule has 1 fully saturated rings. The number of benzene rings is 1. The Labute approximate surface area is 187 Å². The third kappa shape index (κ3) is 3.59. The molecule has 0 bridgehead atoms. The molecule has 2 N–H and O–H groups in total. The van der Waals surface area contributed by atoms with Gasteiger partial charge in [-0.25, -0.2) is 9.97 Å². The van der Waals surface area contributed by atoms with Gasteiger partial charge in [-0.05, 0) is 30.9 Å². The van der Waals surface area contributed by atoms with Crippen LogP contribution in [-0.2, 0) is 29.0 Å². The van der Waals surface area contributed by atoms with Gasteiger partial charge in [-0.1, -0.05) is 18.2 Å². The van der Waals surface area contributed by atoms with Gasteiger partial charge >= 0.3 is 0 Å². The van der Waals surface area contributed by atoms with Gasteiger partial charge < -0.3 is 20.1 Å². The van der Waals surface area contributed by atoms with E-state index >= 15 is 0 Å². The van der Waals surface area contributed by atoms with Crippen LogP contribution < -0.4 is 5.32 Å². The molecule has 2 aliphatic heterocycles. The summed E-state index contributed by atoms with van der Waals surface area (Å²) in [6.45, 7) is 3.47. The Kier molecular flexibility index (Phi) is 5.28. The van der Waals surface area contributed by atoms with E-state index in [-0.39, 0.29) is 17.9 Å². The molecule has 166 valence electrons. The van der Waals surface area contributed by atoms with Crippen LogP contribution in [0.1, 0.15) is 48.5 Å². The van der Waals surface area contributed by atoms with Crippen LogP contribution in [0.3, 0.4) is 0 Å². The van der Waals surface area contributed by atoms with E-state index in [0.717, 1.165) is 52.8 Å². The number of anilines is 1. The van der Waals surface area contributed by atoms with Crippen molar-refractivity contribution in [3.8, 4) is 0 Å². The number of hydrogen-bond acceptors (Lipinski definition) is 5. The Hall–Kier alpha value is -3.42. The van der Waals surface area contributed by atoms with Gasteiger partial charge in [0.1, 0.15) is 5.82 Å². The van der Waals surface area contributed by atoms with E-state index in [0.29, 0.717) is 31.9 Å². The zero-order valence-electron chi connectivity index (χ0n) is 18.5. The van der Waals surface area contributed by atoms with E-state index in [4.69, 9.17) is 9.97 Å². The summed E-state index contributed by atoms with van der Waals surface area (Å²) in [6.07, 6.45) is 4.79. The van der Waals surface area contributed by atoms with E-state index < -0.39 is 0 Å². The maximum atomic E-state index is 13.3. The number of nitrogens with one attached hydrogen (secondary N) is 2. The summed E-state index contributed by atoms with van der Waals surface area (Å²) in [6, 6.07) is 7.90. The number of carbonyl (C=O) groups excluding carboxylic acids is 2. The van der Waals surface area contributed by atoms with Crippen molar-refractivity contribution >= 4 is 28.5 Å². The summed E-state index contributed by atoms with van der Waals surface area (Å²) in [5.41, 5.74) is 4.01. The van der Waals surface area contributed by atoms with E-state index in [1.807, 2.05) is 47.3 Å². The number of amides is 2. The van der Waals surface area contributed by atoms with Crippen molar-refractivity contribution < 1.29 is 9.59 Å². The second-order valence-electron chi connectivity index (χ2n) is 8.58. The molecule has 0 radical (unpaired) electrons. The smallest absolute Gasteiger partial charge is 0.227 e. The molecule has 0 spiro atoms. The number of carbonyl (C=O) groups is 2. The van der Waals surface area contributed by atoms with Crippen LogP contribution in [0.5, 0.6) is 0 Å². The molecule has 1 saturated heterocycles. The van der Waals surface area contributed by atoms with Crippen LogP contribution in [0.4, 0.5) is 5.82 Å². The molecule has 0 aliphatic carbocycles. The van der Waals surface area contributed by atoms with Gasteiger partial charge in [0.15, 0.2) is 5.82 Å². The van der Waals surface area contributed by atoms with Crippen LogP contribution in [0.2, 0.25) is 0 Å². The van der Waals surface area contributed by atoms with E-state index in [1.54, 1.807) is 6.92 Å². The number of hydrogen-bond donors (Lipinski definition) is 2. The van der Waals surface area contributed by atoms with Crippen molar-refractivity contribution in [3.63, 3.8) is 0 Å². The highest BCUT2D eigenvalue weighted by Crippen LogP contribution is 2.34. The van der Waals surface area contributed by atoms with Crippen LogP contribution >= 0.6 is 0 Å². The molecule has 5 rings (SSSR count). The van der Waals surface area contributed by atoms with Crippen LogP contribution in [-0.4, -0.2) is 56.7 Å². The quantitative estimate of drug-likeness (QED) is 0.661. The van der Waals surface area contributed by atoms with Crippen LogP contribution in [0.25, 0.3) is 10.9 Å². The first-order valence-corrected chi connectivity index (χ1v) is 11.2. The Balaban J connectivity index is 1.42. The minimum Gasteiger partial charge on any atom is -0.373 e. The number of aromatic amines is 1. The average Bonchev–Trinajstić information content (AvgIpc) is 3.45. The van der Waals surface area contributed by atoms with Crippen molar-refractivity contribution in [1.29, 1.82) is 0 Å². The van der Waals surface area contributed by atoms with Gasteiger partial charge in [0.2, 0.25) is 11.8 Å². The molecule has 2 amide bonds. The zero-order chi connectivity index (χ0) is 22.2. The Morgan fingerprint density at radius 1 is 1.22 bits per heavy atom. The van der Waals surface area contributed by atoms with E-state index in [1.165, 1.54) is 0 Å². The minimum absolute atomic E-state index is 0.0539. The second kappa shape index (κ2) is 8.26. The van der Waals surface area contributed by atoms with Crippen molar-refractivity contribution in [2.75, 3.05) is 25.5 Å². The Bertz CT molecular complexity index is 1190. The predicted octanol–water partition coefficient (Wildman–Crippen LogP) is 2.81. The summed E-state index contributed by atoms with van der Waals surface area (Å²) in [5, 5.41) is 4.29. The van der Waals surface area contributed by atoms with Crippen molar-refractivity contribution in [2.45, 2.75) is 45.2 Å². The third-order valence-corrected chi connectivity index (χ3v) is 6.65. The Morgan fingerprint density at radius 3 is 2.88 bits per heavy atom. The molecule has 1 aromatic carbocycles. The fraction of sp³-hybridized carbons (Fsp3) is 0.417. The van der Waals surface area contributed by atoms with Crippen molar-refractivity contribution in [2.24, 2.45) is 0 Å². The van der Waals surface area contributed by atoms with E-state index in [9.17, 15) is 9.59 Å². The van der Waals surface area contributed by atoms with Gasteiger partial charge in [0, 0.05) is 49.7 Å². The largest absolute Gasteiger partial charge is 0.373 e. The van der Waals surface area contributed by atoms with Crippen molar-refractivity contribution in [1.82, 2.24) is 24.8 Å². The lowest BCUT2D eigenvalue weighted by molar-refractivity contribution is -0.131. The molecule has 2 aromatic heterocycles. The average molecular weight is 433 g/mol. The third-order valence-electron chi connectivity index (χ3n) is 6.65. The van der Waals surface area contributed by atoms with Crippen molar-refractivity contribution in [3.05, 3.63) is 53.1 Å². The van der Waals surface area contributed by atoms with Gasteiger partial charge in [-0.2, -0.15) is 0 Å². The SMILES string of the molecule is CNc1nc([C@@H]2CCCN2C(=O)Cc2c[nH]c3ccccc23)nc2c1CCN(C(C)=O)C2. The maximum Gasteiger partial charge on any atom is 0.227 e. The molecule has 8 nitrogen and oxygen atoms in total. The minimum atomic E-state index is -0.141. The molecule has 0 unspecified atom stereocenters. The lowest BCUT2D eigenvalue weighted by Gasteiger charge is -2.30. The molecule has 0 saturated carbocycles. The fourth-order valence-corrected chi connectivity index (χ4v) is 4.95. The number of para-hydroxylation sites is 1. The molecule has 3 aromatic rings. The molecule has 1 atom stereocenters. The number of fused-ring (bicyclic) bond motifs is 2. The van der Waals surface area contributed by atoms with Crippen LogP contribution in [0, 0.1) is 0 Å². The number of aromatic nitrogens is 3. The first-order chi connectivity index (χ1) is 15.5. The predicted molar refractivity (Wildman–Crippen MR) is 122 cm³/mol. The highest BCUT2D eigenvalue weighted by molar-refractivity contribution is 5.89. The monoisotopic (exact) mass is 432 g/mol. The molecule has 2 aliphatic rings. The molecule has 4 heterocycles. The highest BCUT2D eigenvalue weighted by Gasteiger charge is 2.34. The summed E-state index contributed by atoms with van der Waals surface area (Å²) < 4.78 is 0. The standard InChI is InChI=1S/C24H28N6O2/c1-15(31)29-11-9-18-20(14-29)27-24(28-23(18)25-2)21-8-5-10-30(21)22(32)12-16-13-26-19-7-4-3-6-17(16)19/h3-4,6-7,13,21,26H,5,8-12,14H2,1-2H3,(H,25,27,28)/t21-/m0/s1. The van der Waals surface area contributed by atoms with Gasteiger partial charge in [-0.3, -0.25) is 9.59 Å². The lowest BCUT2D eigenvalue weighted by atomic mass is 10.0. The van der Waals surface area contributed by atoms with Crippen LogP contribution in [0.15, 0.2) is 30.5 Å². The summed E-state index contributed by atoms with van der Waals surface area (Å²) in [5.74, 6) is 1.63. The highest BCUT2D eigenvalue weighted by atomic mass is 16.2. The second-order valence-corrected chi connectivity index (χ2v) is 8.58. The number of nitrogens with zero attached hydrogens (tertiary/aromatic N) is 4. The maximum absolute atomic E-state index is 13.3. The fourth-order valence-electron chi connectivity index (χ4n) is 4.95. The molecule has 8 heteroatoms. The molecular formula is C24H28N6O2. The number of likely N-dealkylation sites (tertiary alicyclic amines) is 1. The normalized spacial score (nSPS) is 18.1. The lowest BCUT2D eigenvalue weighted by Crippen LogP contribution is -2.37. The first kappa shape index (κ1) is 20.5. The Morgan fingerprint density at radius 2 is 2.06 bits per heavy atom. The van der Waals surface area contributed by atoms with Gasteiger partial charge in [0.05, 0.1) is 24.7 Å². The summed E-state index contributed by atoms with van der Waals surface area (Å²) in [4.78, 5) is 41.9. The first-order valence-electron chi connectivity index (χ1n) is 11.2. The molecular weight excluding hydrogens is 404 g/mol. The number of H-pyrrole nitrogens is 1. The van der Waals surface area contributed by atoms with Gasteiger partial charge in [0.25, 0.3) is 0 Å².